The van der Waals surface area contributed by atoms with Gasteiger partial charge in [0.05, 0.1) is 0 Å². The molecule has 0 spiro atoms. The number of hydrogen-bond acceptors (Lipinski definition) is 4. The van der Waals surface area contributed by atoms with Crippen molar-refractivity contribution in [2.45, 2.75) is 52.1 Å². The molecule has 2 amide bonds. The summed E-state index contributed by atoms with van der Waals surface area (Å²) >= 11 is 0. The number of nitrogens with zero attached hydrogens (tertiary/aromatic N) is 2. The van der Waals surface area contributed by atoms with Gasteiger partial charge in [-0.3, -0.25) is 9.69 Å². The van der Waals surface area contributed by atoms with E-state index in [1.165, 1.54) is 6.08 Å². The van der Waals surface area contributed by atoms with E-state index in [0.29, 0.717) is 6.54 Å². The number of carbonyl (C=O) groups is 2. The Morgan fingerprint density at radius 1 is 1.32 bits per heavy atom. The number of halogens is 1. The van der Waals surface area contributed by atoms with E-state index in [-0.39, 0.29) is 41.8 Å². The fourth-order valence-electron chi connectivity index (χ4n) is 4.60. The summed E-state index contributed by atoms with van der Waals surface area (Å²) in [5.41, 5.74) is -0.0339. The molecule has 2 heterocycles. The van der Waals surface area contributed by atoms with Gasteiger partial charge in [0.1, 0.15) is 5.83 Å². The van der Waals surface area contributed by atoms with Gasteiger partial charge in [0.15, 0.2) is 6.61 Å². The summed E-state index contributed by atoms with van der Waals surface area (Å²) in [7, 11) is 0. The summed E-state index contributed by atoms with van der Waals surface area (Å²) in [5.74, 6) is -0.184. The molecule has 156 valence electrons. The SMILES string of the molecule is CC(CN1CC(C)(C)C2C=C(F)C=CC21)NC(=O)OCC(=O)N1CCCCC1. The van der Waals surface area contributed by atoms with Crippen molar-refractivity contribution >= 4 is 12.0 Å². The van der Waals surface area contributed by atoms with E-state index in [1.54, 1.807) is 11.0 Å². The van der Waals surface area contributed by atoms with Gasteiger partial charge in [0.2, 0.25) is 0 Å². The Balaban J connectivity index is 1.45. The van der Waals surface area contributed by atoms with Gasteiger partial charge < -0.3 is 15.0 Å². The maximum atomic E-state index is 13.7. The summed E-state index contributed by atoms with van der Waals surface area (Å²) in [4.78, 5) is 28.2. The van der Waals surface area contributed by atoms with Gasteiger partial charge in [-0.15, -0.1) is 0 Å². The minimum absolute atomic E-state index is 0.0339. The van der Waals surface area contributed by atoms with Crippen LogP contribution in [-0.2, 0) is 9.53 Å². The highest BCUT2D eigenvalue weighted by molar-refractivity contribution is 5.80. The normalized spacial score (nSPS) is 27.7. The van der Waals surface area contributed by atoms with Crippen LogP contribution in [0.5, 0.6) is 0 Å². The topological polar surface area (TPSA) is 61.9 Å². The third kappa shape index (κ3) is 4.93. The predicted octanol–water partition coefficient (Wildman–Crippen LogP) is 2.86. The Kier molecular flexibility index (Phi) is 6.43. The van der Waals surface area contributed by atoms with Crippen molar-refractivity contribution in [1.29, 1.82) is 0 Å². The van der Waals surface area contributed by atoms with Crippen LogP contribution in [-0.4, -0.2) is 66.7 Å². The van der Waals surface area contributed by atoms with Crippen molar-refractivity contribution in [3.8, 4) is 0 Å². The van der Waals surface area contributed by atoms with Crippen LogP contribution < -0.4 is 5.32 Å². The second kappa shape index (κ2) is 8.64. The van der Waals surface area contributed by atoms with E-state index < -0.39 is 6.09 Å². The van der Waals surface area contributed by atoms with Crippen LogP contribution in [0.4, 0.5) is 9.18 Å². The molecule has 0 bridgehead atoms. The Morgan fingerprint density at radius 3 is 2.75 bits per heavy atom. The van der Waals surface area contributed by atoms with Crippen molar-refractivity contribution in [3.63, 3.8) is 0 Å². The number of likely N-dealkylation sites (tertiary alicyclic amines) is 2. The maximum Gasteiger partial charge on any atom is 0.407 e. The molecule has 2 fully saturated rings. The van der Waals surface area contributed by atoms with Crippen molar-refractivity contribution in [3.05, 3.63) is 24.1 Å². The molecule has 0 aromatic rings. The molecule has 3 atom stereocenters. The zero-order chi connectivity index (χ0) is 20.3. The van der Waals surface area contributed by atoms with Gasteiger partial charge in [-0.25, -0.2) is 9.18 Å². The molecule has 0 aromatic carbocycles. The Morgan fingerprint density at radius 2 is 2.04 bits per heavy atom. The molecule has 28 heavy (non-hydrogen) atoms. The summed E-state index contributed by atoms with van der Waals surface area (Å²) in [6.45, 7) is 8.94. The fourth-order valence-corrected chi connectivity index (χ4v) is 4.60. The van der Waals surface area contributed by atoms with E-state index in [0.717, 1.165) is 38.9 Å². The molecule has 3 aliphatic rings. The number of nitrogens with one attached hydrogen (secondary N) is 1. The molecule has 2 aliphatic heterocycles. The fraction of sp³-hybridized carbons (Fsp3) is 0.714. The molecule has 3 rings (SSSR count). The van der Waals surface area contributed by atoms with Gasteiger partial charge in [-0.05, 0) is 43.8 Å². The number of ether oxygens (including phenoxy) is 1. The first-order valence-electron chi connectivity index (χ1n) is 10.3. The molecule has 3 unspecified atom stereocenters. The summed E-state index contributed by atoms with van der Waals surface area (Å²) in [5, 5.41) is 2.81. The average Bonchev–Trinajstić information content (AvgIpc) is 2.89. The molecule has 1 N–H and O–H groups in total. The highest BCUT2D eigenvalue weighted by Gasteiger charge is 2.46. The predicted molar refractivity (Wildman–Crippen MR) is 105 cm³/mol. The minimum atomic E-state index is -0.571. The summed E-state index contributed by atoms with van der Waals surface area (Å²) < 4.78 is 18.8. The number of allylic oxidation sites excluding steroid dienone is 2. The molecule has 2 saturated heterocycles. The van der Waals surface area contributed by atoms with E-state index in [2.05, 4.69) is 24.1 Å². The van der Waals surface area contributed by atoms with Gasteiger partial charge in [-0.2, -0.15) is 0 Å². The highest BCUT2D eigenvalue weighted by Crippen LogP contribution is 2.43. The van der Waals surface area contributed by atoms with Crippen molar-refractivity contribution in [2.24, 2.45) is 11.3 Å². The second-order valence-corrected chi connectivity index (χ2v) is 8.91. The highest BCUT2D eigenvalue weighted by atomic mass is 19.1. The number of fused-ring (bicyclic) bond motifs is 1. The first-order valence-corrected chi connectivity index (χ1v) is 10.3. The van der Waals surface area contributed by atoms with E-state index in [9.17, 15) is 14.0 Å². The molecule has 0 saturated carbocycles. The van der Waals surface area contributed by atoms with Crippen LogP contribution in [0.3, 0.4) is 0 Å². The number of piperidine rings is 1. The molecule has 0 radical (unpaired) electrons. The lowest BCUT2D eigenvalue weighted by Crippen LogP contribution is -2.45. The number of hydrogen-bond donors (Lipinski definition) is 1. The van der Waals surface area contributed by atoms with Crippen LogP contribution >= 0.6 is 0 Å². The Bertz CT molecular complexity index is 655. The standard InChI is InChI=1S/C21H32FN3O3/c1-15(23-20(27)28-13-19(26)24-9-5-4-6-10-24)12-25-14-21(2,3)17-11-16(22)7-8-18(17)25/h7-8,11,15,17-18H,4-6,9-10,12-14H2,1-3H3,(H,23,27). The molecule has 1 aliphatic carbocycles. The van der Waals surface area contributed by atoms with Gasteiger partial charge in [0, 0.05) is 44.2 Å². The first kappa shape index (κ1) is 20.8. The lowest BCUT2D eigenvalue weighted by atomic mass is 9.77. The zero-order valence-electron chi connectivity index (χ0n) is 17.1. The minimum Gasteiger partial charge on any atom is -0.439 e. The number of carbonyl (C=O) groups excluding carboxylic acids is 2. The summed E-state index contributed by atoms with van der Waals surface area (Å²) in [6, 6.07) is -0.00765. The second-order valence-electron chi connectivity index (χ2n) is 8.91. The van der Waals surface area contributed by atoms with Crippen LogP contribution in [0, 0.1) is 11.3 Å². The third-order valence-electron chi connectivity index (χ3n) is 6.00. The average molecular weight is 394 g/mol. The van der Waals surface area contributed by atoms with Crippen LogP contribution in [0.15, 0.2) is 24.1 Å². The Labute approximate surface area is 166 Å². The number of amides is 2. The van der Waals surface area contributed by atoms with E-state index in [1.807, 2.05) is 13.0 Å². The molecular weight excluding hydrogens is 361 g/mol. The van der Waals surface area contributed by atoms with Gasteiger partial charge in [0.25, 0.3) is 5.91 Å². The van der Waals surface area contributed by atoms with Crippen molar-refractivity contribution in [2.75, 3.05) is 32.8 Å². The molecule has 6 nitrogen and oxygen atoms in total. The van der Waals surface area contributed by atoms with Crippen molar-refractivity contribution < 1.29 is 18.7 Å². The van der Waals surface area contributed by atoms with Gasteiger partial charge in [-0.1, -0.05) is 19.9 Å². The Hall–Kier alpha value is -1.89. The smallest absolute Gasteiger partial charge is 0.407 e. The van der Waals surface area contributed by atoms with Crippen molar-refractivity contribution in [1.82, 2.24) is 15.1 Å². The molecule has 0 aromatic heterocycles. The first-order chi connectivity index (χ1) is 13.3. The largest absolute Gasteiger partial charge is 0.439 e. The van der Waals surface area contributed by atoms with E-state index in [4.69, 9.17) is 4.74 Å². The summed E-state index contributed by atoms with van der Waals surface area (Å²) in [6.07, 6.45) is 7.75. The maximum absolute atomic E-state index is 13.7. The lowest BCUT2D eigenvalue weighted by molar-refractivity contribution is -0.135. The molecular formula is C21H32FN3O3. The number of alkyl carbamates (subject to hydrolysis) is 1. The van der Waals surface area contributed by atoms with Crippen LogP contribution in [0.25, 0.3) is 0 Å². The molecule has 7 heteroatoms. The van der Waals surface area contributed by atoms with Gasteiger partial charge >= 0.3 is 6.09 Å². The monoisotopic (exact) mass is 393 g/mol. The van der Waals surface area contributed by atoms with E-state index >= 15 is 0 Å². The zero-order valence-corrected chi connectivity index (χ0v) is 17.1. The van der Waals surface area contributed by atoms with Crippen LogP contribution in [0.1, 0.15) is 40.0 Å². The quantitative estimate of drug-likeness (QED) is 0.780. The lowest BCUT2D eigenvalue weighted by Gasteiger charge is -2.29. The third-order valence-corrected chi connectivity index (χ3v) is 6.00. The van der Waals surface area contributed by atoms with Crippen LogP contribution in [0.2, 0.25) is 0 Å². The number of rotatable bonds is 5.